The Kier molecular flexibility index (Phi) is 5.91. The van der Waals surface area contributed by atoms with Gasteiger partial charge in [-0.25, -0.2) is 0 Å². The molecule has 0 N–H and O–H groups in total. The highest BCUT2D eigenvalue weighted by Gasteiger charge is 2.12. The molecule has 1 aromatic carbocycles. The van der Waals surface area contributed by atoms with Gasteiger partial charge >= 0.3 is 5.97 Å². The van der Waals surface area contributed by atoms with Gasteiger partial charge in [-0.2, -0.15) is 4.98 Å². The Hall–Kier alpha value is -2.80. The number of rotatable bonds is 8. The van der Waals surface area contributed by atoms with E-state index in [1.54, 1.807) is 24.3 Å². The van der Waals surface area contributed by atoms with Gasteiger partial charge in [0.25, 0.3) is 5.89 Å². The van der Waals surface area contributed by atoms with E-state index in [2.05, 4.69) is 10.1 Å². The van der Waals surface area contributed by atoms with Gasteiger partial charge in [0.15, 0.2) is 12.4 Å². The third-order valence-corrected chi connectivity index (χ3v) is 3.91. The van der Waals surface area contributed by atoms with E-state index in [1.807, 2.05) is 13.0 Å². The molecule has 2 heterocycles. The van der Waals surface area contributed by atoms with Gasteiger partial charge in [-0.1, -0.05) is 16.8 Å². The normalized spacial score (nSPS) is 10.7. The largest absolute Gasteiger partial charge is 0.494 e. The van der Waals surface area contributed by atoms with E-state index < -0.39 is 0 Å². The summed E-state index contributed by atoms with van der Waals surface area (Å²) in [5.41, 5.74) is 0.942. The van der Waals surface area contributed by atoms with Gasteiger partial charge in [0.2, 0.25) is 5.82 Å². The van der Waals surface area contributed by atoms with Crippen molar-refractivity contribution < 1.29 is 23.2 Å². The molecule has 2 aromatic heterocycles. The predicted octanol–water partition coefficient (Wildman–Crippen LogP) is 4.19. The van der Waals surface area contributed by atoms with Gasteiger partial charge in [-0.15, -0.1) is 0 Å². The first kappa shape index (κ1) is 18.0. The van der Waals surface area contributed by atoms with Crippen LogP contribution in [0.2, 0.25) is 5.02 Å². The minimum Gasteiger partial charge on any atom is -0.494 e. The minimum absolute atomic E-state index is 0.0553. The lowest BCUT2D eigenvalue weighted by molar-refractivity contribution is -0.145. The summed E-state index contributed by atoms with van der Waals surface area (Å²) in [6.45, 7) is 2.25. The van der Waals surface area contributed by atoms with Crippen molar-refractivity contribution in [3.63, 3.8) is 0 Å². The third kappa shape index (κ3) is 4.86. The molecule has 0 fully saturated rings. The van der Waals surface area contributed by atoms with Crippen molar-refractivity contribution >= 4 is 17.6 Å². The van der Waals surface area contributed by atoms with Gasteiger partial charge in [-0.3, -0.25) is 4.79 Å². The van der Waals surface area contributed by atoms with Gasteiger partial charge < -0.3 is 18.4 Å². The van der Waals surface area contributed by atoms with Crippen LogP contribution in [0.25, 0.3) is 11.7 Å². The molecule has 0 aliphatic heterocycles. The topological polar surface area (TPSA) is 87.6 Å². The summed E-state index contributed by atoms with van der Waals surface area (Å²) in [7, 11) is 0. The average molecular weight is 377 g/mol. The highest BCUT2D eigenvalue weighted by atomic mass is 35.5. The van der Waals surface area contributed by atoms with Crippen molar-refractivity contribution in [1.82, 2.24) is 10.1 Å². The standard InChI is InChI=1S/C18H17ClN2O5/c1-12-10-13(6-7-14(12)19)23-8-3-5-17(22)25-11-16-20-18(26-21-16)15-4-2-9-24-15/h2,4,6-7,9-10H,3,5,8,11H2,1H3. The SMILES string of the molecule is Cc1cc(OCCCC(=O)OCc2noc(-c3ccco3)n2)ccc1Cl. The molecule has 0 aliphatic carbocycles. The van der Waals surface area contributed by atoms with Crippen LogP contribution in [0, 0.1) is 6.92 Å². The Morgan fingerprint density at radius 3 is 2.96 bits per heavy atom. The molecule has 7 nitrogen and oxygen atoms in total. The lowest BCUT2D eigenvalue weighted by Crippen LogP contribution is -2.08. The third-order valence-electron chi connectivity index (χ3n) is 3.49. The minimum atomic E-state index is -0.356. The molecule has 26 heavy (non-hydrogen) atoms. The number of ether oxygens (including phenoxy) is 2. The van der Waals surface area contributed by atoms with E-state index in [9.17, 15) is 4.79 Å². The van der Waals surface area contributed by atoms with Gasteiger partial charge in [0, 0.05) is 11.4 Å². The number of carbonyl (C=O) groups excluding carboxylic acids is 1. The van der Waals surface area contributed by atoms with Gasteiger partial charge in [0.05, 0.1) is 12.9 Å². The smallest absolute Gasteiger partial charge is 0.306 e. The van der Waals surface area contributed by atoms with E-state index in [-0.39, 0.29) is 30.7 Å². The van der Waals surface area contributed by atoms with Crippen LogP contribution in [0.1, 0.15) is 24.2 Å². The summed E-state index contributed by atoms with van der Waals surface area (Å²) < 4.78 is 20.9. The zero-order valence-corrected chi connectivity index (χ0v) is 14.9. The molecule has 3 aromatic rings. The molecule has 8 heteroatoms. The maximum absolute atomic E-state index is 11.8. The molecular formula is C18H17ClN2O5. The second-order valence-corrected chi connectivity index (χ2v) is 5.92. The Morgan fingerprint density at radius 1 is 1.31 bits per heavy atom. The Bertz CT molecular complexity index is 860. The van der Waals surface area contributed by atoms with Crippen LogP contribution in [-0.2, 0) is 16.1 Å². The van der Waals surface area contributed by atoms with Crippen LogP contribution < -0.4 is 4.74 Å². The Morgan fingerprint density at radius 2 is 2.19 bits per heavy atom. The molecular weight excluding hydrogens is 360 g/mol. The quantitative estimate of drug-likeness (QED) is 0.430. The summed E-state index contributed by atoms with van der Waals surface area (Å²) in [4.78, 5) is 15.9. The highest BCUT2D eigenvalue weighted by molar-refractivity contribution is 6.31. The first-order valence-electron chi connectivity index (χ1n) is 8.03. The Labute approximate surface area is 154 Å². The summed E-state index contributed by atoms with van der Waals surface area (Å²) in [5.74, 6) is 1.35. The number of nitrogens with zero attached hydrogens (tertiary/aromatic N) is 2. The first-order valence-corrected chi connectivity index (χ1v) is 8.40. The lowest BCUT2D eigenvalue weighted by Gasteiger charge is -2.07. The van der Waals surface area contributed by atoms with Crippen molar-refractivity contribution in [3.05, 3.63) is 53.0 Å². The molecule has 0 spiro atoms. The van der Waals surface area contributed by atoms with Gasteiger partial charge in [-0.05, 0) is 49.2 Å². The monoisotopic (exact) mass is 376 g/mol. The first-order chi connectivity index (χ1) is 12.6. The predicted molar refractivity (Wildman–Crippen MR) is 92.7 cm³/mol. The maximum Gasteiger partial charge on any atom is 0.306 e. The molecule has 0 atom stereocenters. The molecule has 0 saturated carbocycles. The molecule has 0 aliphatic rings. The number of furan rings is 1. The fraction of sp³-hybridized carbons (Fsp3) is 0.278. The van der Waals surface area contributed by atoms with Crippen LogP contribution in [0.4, 0.5) is 0 Å². The lowest BCUT2D eigenvalue weighted by atomic mass is 10.2. The molecule has 136 valence electrons. The molecule has 0 unspecified atom stereocenters. The highest BCUT2D eigenvalue weighted by Crippen LogP contribution is 2.21. The average Bonchev–Trinajstić information content (AvgIpc) is 3.31. The van der Waals surface area contributed by atoms with Crippen molar-refractivity contribution in [2.45, 2.75) is 26.4 Å². The van der Waals surface area contributed by atoms with Crippen molar-refractivity contribution in [2.75, 3.05) is 6.61 Å². The number of hydrogen-bond acceptors (Lipinski definition) is 7. The van der Waals surface area contributed by atoms with Gasteiger partial charge in [0.1, 0.15) is 5.75 Å². The van der Waals surface area contributed by atoms with E-state index >= 15 is 0 Å². The summed E-state index contributed by atoms with van der Waals surface area (Å²) in [5, 5.41) is 4.43. The molecule has 0 bridgehead atoms. The number of hydrogen-bond donors (Lipinski definition) is 0. The van der Waals surface area contributed by atoms with Crippen LogP contribution >= 0.6 is 11.6 Å². The fourth-order valence-corrected chi connectivity index (χ4v) is 2.26. The number of carbonyl (C=O) groups is 1. The summed E-state index contributed by atoms with van der Waals surface area (Å²) in [6.07, 6.45) is 2.27. The second-order valence-electron chi connectivity index (χ2n) is 5.52. The number of aryl methyl sites for hydroxylation is 1. The molecule has 3 rings (SSSR count). The Balaban J connectivity index is 1.36. The van der Waals surface area contributed by atoms with Crippen molar-refractivity contribution in [3.8, 4) is 17.4 Å². The van der Waals surface area contributed by atoms with Crippen LogP contribution in [0.3, 0.4) is 0 Å². The van der Waals surface area contributed by atoms with E-state index in [4.69, 9.17) is 30.0 Å². The molecule has 0 saturated heterocycles. The van der Waals surface area contributed by atoms with E-state index in [0.29, 0.717) is 23.8 Å². The zero-order valence-electron chi connectivity index (χ0n) is 14.1. The fourth-order valence-electron chi connectivity index (χ4n) is 2.14. The summed E-state index contributed by atoms with van der Waals surface area (Å²) in [6, 6.07) is 8.84. The number of aromatic nitrogens is 2. The molecule has 0 radical (unpaired) electrons. The number of esters is 1. The van der Waals surface area contributed by atoms with Crippen molar-refractivity contribution in [1.29, 1.82) is 0 Å². The number of benzene rings is 1. The second kappa shape index (κ2) is 8.53. The van der Waals surface area contributed by atoms with Crippen LogP contribution in [-0.4, -0.2) is 22.7 Å². The van der Waals surface area contributed by atoms with E-state index in [0.717, 1.165) is 11.3 Å². The van der Waals surface area contributed by atoms with E-state index in [1.165, 1.54) is 6.26 Å². The van der Waals surface area contributed by atoms with Crippen LogP contribution in [0.15, 0.2) is 45.5 Å². The molecule has 0 amide bonds. The summed E-state index contributed by atoms with van der Waals surface area (Å²) >= 11 is 5.96. The zero-order chi connectivity index (χ0) is 18.4. The number of halogens is 1. The van der Waals surface area contributed by atoms with Crippen LogP contribution in [0.5, 0.6) is 5.75 Å². The van der Waals surface area contributed by atoms with Crippen molar-refractivity contribution in [2.24, 2.45) is 0 Å². The maximum atomic E-state index is 11.8.